The van der Waals surface area contributed by atoms with E-state index in [1.54, 1.807) is 0 Å². The van der Waals surface area contributed by atoms with E-state index in [1.165, 1.54) is 64.2 Å². The molecule has 0 radical (unpaired) electrons. The third-order valence-electron chi connectivity index (χ3n) is 5.44. The van der Waals surface area contributed by atoms with Gasteiger partial charge in [0.1, 0.15) is 0 Å². The molecule has 0 aliphatic heterocycles. The van der Waals surface area contributed by atoms with Gasteiger partial charge in [0.05, 0.1) is 0 Å². The van der Waals surface area contributed by atoms with Gasteiger partial charge in [-0.05, 0) is 44.1 Å². The first kappa shape index (κ1) is 13.4. The van der Waals surface area contributed by atoms with Crippen LogP contribution in [0.15, 0.2) is 0 Å². The van der Waals surface area contributed by atoms with E-state index in [0.717, 1.165) is 23.8 Å². The lowest BCUT2D eigenvalue weighted by atomic mass is 9.72. The molecule has 0 aromatic rings. The molecule has 0 aromatic heterocycles. The minimum absolute atomic E-state index is 0.810. The molecule has 100 valence electrons. The van der Waals surface area contributed by atoms with Crippen molar-refractivity contribution in [2.45, 2.75) is 77.2 Å². The zero-order chi connectivity index (χ0) is 12.1. The van der Waals surface area contributed by atoms with E-state index in [9.17, 15) is 0 Å². The summed E-state index contributed by atoms with van der Waals surface area (Å²) in [7, 11) is 2.16. The highest BCUT2D eigenvalue weighted by atomic mass is 14.9. The van der Waals surface area contributed by atoms with Crippen molar-refractivity contribution >= 4 is 0 Å². The molecule has 2 rings (SSSR count). The maximum atomic E-state index is 3.54. The van der Waals surface area contributed by atoms with Crippen LogP contribution in [0, 0.1) is 17.8 Å². The average molecular weight is 237 g/mol. The quantitative estimate of drug-likeness (QED) is 0.719. The third kappa shape index (κ3) is 3.71. The largest absolute Gasteiger partial charge is 0.317 e. The normalized spacial score (nSPS) is 39.9. The standard InChI is InChI=1S/C16H31N/c1-3-13-7-6-9-14(11-13)15-8-4-5-10-16(12-15)17-2/h13-17H,3-12H2,1-2H3. The fourth-order valence-electron chi connectivity index (χ4n) is 4.22. The minimum atomic E-state index is 0.810. The van der Waals surface area contributed by atoms with E-state index >= 15 is 0 Å². The van der Waals surface area contributed by atoms with Crippen LogP contribution in [0.2, 0.25) is 0 Å². The van der Waals surface area contributed by atoms with Crippen LogP contribution in [0.25, 0.3) is 0 Å². The Kier molecular flexibility index (Phi) is 5.34. The summed E-state index contributed by atoms with van der Waals surface area (Å²) in [5, 5.41) is 3.54. The lowest BCUT2D eigenvalue weighted by Crippen LogP contribution is -2.30. The second-order valence-electron chi connectivity index (χ2n) is 6.47. The van der Waals surface area contributed by atoms with Gasteiger partial charge < -0.3 is 5.32 Å². The molecule has 1 N–H and O–H groups in total. The maximum absolute atomic E-state index is 3.54. The average Bonchev–Trinajstić information content (AvgIpc) is 2.64. The van der Waals surface area contributed by atoms with Crippen molar-refractivity contribution < 1.29 is 0 Å². The van der Waals surface area contributed by atoms with Crippen molar-refractivity contribution in [2.24, 2.45) is 17.8 Å². The van der Waals surface area contributed by atoms with E-state index in [-0.39, 0.29) is 0 Å². The van der Waals surface area contributed by atoms with Crippen molar-refractivity contribution in [3.05, 3.63) is 0 Å². The van der Waals surface area contributed by atoms with E-state index in [0.29, 0.717) is 0 Å². The van der Waals surface area contributed by atoms with Gasteiger partial charge in [-0.1, -0.05) is 51.9 Å². The number of hydrogen-bond donors (Lipinski definition) is 1. The van der Waals surface area contributed by atoms with Gasteiger partial charge in [-0.15, -0.1) is 0 Å². The first-order valence-corrected chi connectivity index (χ1v) is 8.00. The highest BCUT2D eigenvalue weighted by molar-refractivity contribution is 4.83. The zero-order valence-electron chi connectivity index (χ0n) is 11.9. The molecule has 17 heavy (non-hydrogen) atoms. The predicted octanol–water partition coefficient (Wildman–Crippen LogP) is 4.37. The van der Waals surface area contributed by atoms with E-state index in [4.69, 9.17) is 0 Å². The second kappa shape index (κ2) is 6.78. The summed E-state index contributed by atoms with van der Waals surface area (Å²) >= 11 is 0. The second-order valence-corrected chi connectivity index (χ2v) is 6.47. The molecule has 4 atom stereocenters. The Morgan fingerprint density at radius 1 is 0.882 bits per heavy atom. The highest BCUT2D eigenvalue weighted by Gasteiger charge is 2.30. The van der Waals surface area contributed by atoms with Crippen molar-refractivity contribution in [3.8, 4) is 0 Å². The van der Waals surface area contributed by atoms with Crippen LogP contribution >= 0.6 is 0 Å². The van der Waals surface area contributed by atoms with Crippen LogP contribution in [-0.2, 0) is 0 Å². The molecule has 0 saturated heterocycles. The molecular weight excluding hydrogens is 206 g/mol. The molecule has 4 unspecified atom stereocenters. The fourth-order valence-corrected chi connectivity index (χ4v) is 4.22. The van der Waals surface area contributed by atoms with Crippen LogP contribution in [-0.4, -0.2) is 13.1 Å². The summed E-state index contributed by atoms with van der Waals surface area (Å²) in [5.41, 5.74) is 0. The first-order chi connectivity index (χ1) is 8.33. The molecule has 1 heteroatoms. The van der Waals surface area contributed by atoms with Crippen molar-refractivity contribution in [3.63, 3.8) is 0 Å². The van der Waals surface area contributed by atoms with Crippen LogP contribution in [0.4, 0.5) is 0 Å². The van der Waals surface area contributed by atoms with Gasteiger partial charge in [0.2, 0.25) is 0 Å². The summed E-state index contributed by atoms with van der Waals surface area (Å²) in [6.07, 6.45) is 14.8. The van der Waals surface area contributed by atoms with Crippen molar-refractivity contribution in [2.75, 3.05) is 7.05 Å². The Labute approximate surface area is 108 Å². The molecule has 1 nitrogen and oxygen atoms in total. The van der Waals surface area contributed by atoms with Crippen LogP contribution in [0.5, 0.6) is 0 Å². The van der Waals surface area contributed by atoms with E-state index in [2.05, 4.69) is 19.3 Å². The maximum Gasteiger partial charge on any atom is 0.00668 e. The summed E-state index contributed by atoms with van der Waals surface area (Å²) in [6.45, 7) is 2.39. The summed E-state index contributed by atoms with van der Waals surface area (Å²) < 4.78 is 0. The molecule has 0 aromatic carbocycles. The first-order valence-electron chi connectivity index (χ1n) is 8.00. The molecule has 0 amide bonds. The lowest BCUT2D eigenvalue weighted by molar-refractivity contribution is 0.171. The number of nitrogens with one attached hydrogen (secondary N) is 1. The molecule has 2 saturated carbocycles. The molecule has 2 aliphatic rings. The van der Waals surface area contributed by atoms with Gasteiger partial charge in [-0.25, -0.2) is 0 Å². The third-order valence-corrected chi connectivity index (χ3v) is 5.44. The Balaban J connectivity index is 1.90. The van der Waals surface area contributed by atoms with Crippen LogP contribution in [0.1, 0.15) is 71.1 Å². The number of rotatable bonds is 3. The summed E-state index contributed by atoms with van der Waals surface area (Å²) in [6, 6.07) is 0.810. The topological polar surface area (TPSA) is 12.0 Å². The molecule has 0 bridgehead atoms. The van der Waals surface area contributed by atoms with E-state index in [1.807, 2.05) is 0 Å². The molecule has 2 fully saturated rings. The predicted molar refractivity (Wildman–Crippen MR) is 75.2 cm³/mol. The van der Waals surface area contributed by atoms with Crippen LogP contribution in [0.3, 0.4) is 0 Å². The highest BCUT2D eigenvalue weighted by Crippen LogP contribution is 2.40. The monoisotopic (exact) mass is 237 g/mol. The SMILES string of the molecule is CCC1CCCC(C2CCCCC(NC)C2)C1. The molecule has 0 spiro atoms. The molecule has 0 heterocycles. The van der Waals surface area contributed by atoms with Gasteiger partial charge >= 0.3 is 0 Å². The zero-order valence-corrected chi connectivity index (χ0v) is 11.9. The van der Waals surface area contributed by atoms with Crippen molar-refractivity contribution in [1.82, 2.24) is 5.32 Å². The summed E-state index contributed by atoms with van der Waals surface area (Å²) in [4.78, 5) is 0. The molecule has 2 aliphatic carbocycles. The minimum Gasteiger partial charge on any atom is -0.317 e. The fraction of sp³-hybridized carbons (Fsp3) is 1.00. The lowest BCUT2D eigenvalue weighted by Gasteiger charge is -2.35. The van der Waals surface area contributed by atoms with Gasteiger partial charge in [-0.2, -0.15) is 0 Å². The Hall–Kier alpha value is -0.0400. The van der Waals surface area contributed by atoms with Gasteiger partial charge in [0, 0.05) is 6.04 Å². The molecular formula is C16H31N. The van der Waals surface area contributed by atoms with Gasteiger partial charge in [0.15, 0.2) is 0 Å². The Bertz CT molecular complexity index is 214. The Morgan fingerprint density at radius 2 is 1.59 bits per heavy atom. The van der Waals surface area contributed by atoms with Crippen LogP contribution < -0.4 is 5.32 Å². The summed E-state index contributed by atoms with van der Waals surface area (Å²) in [5.74, 6) is 3.14. The number of hydrogen-bond acceptors (Lipinski definition) is 1. The smallest absolute Gasteiger partial charge is 0.00668 e. The Morgan fingerprint density at radius 3 is 2.35 bits per heavy atom. The van der Waals surface area contributed by atoms with Gasteiger partial charge in [-0.3, -0.25) is 0 Å². The van der Waals surface area contributed by atoms with Gasteiger partial charge in [0.25, 0.3) is 0 Å². The van der Waals surface area contributed by atoms with E-state index < -0.39 is 0 Å². The van der Waals surface area contributed by atoms with Crippen molar-refractivity contribution in [1.29, 1.82) is 0 Å².